The van der Waals surface area contributed by atoms with Gasteiger partial charge in [0.05, 0.1) is 13.2 Å². The summed E-state index contributed by atoms with van der Waals surface area (Å²) in [5, 5.41) is 8.44. The van der Waals surface area contributed by atoms with Crippen LogP contribution in [0.2, 0.25) is 0 Å². The summed E-state index contributed by atoms with van der Waals surface area (Å²) in [6, 6.07) is 1.97. The average Bonchev–Trinajstić information content (AvgIpc) is 2.31. The SMILES string of the molecule is COC(=O)[C@](N)(CSCCC#N)C(=O)OC(C)(C)C. The van der Waals surface area contributed by atoms with Gasteiger partial charge in [0.15, 0.2) is 0 Å². The van der Waals surface area contributed by atoms with Gasteiger partial charge in [-0.25, -0.2) is 9.59 Å². The number of carbonyl (C=O) groups is 2. The van der Waals surface area contributed by atoms with Gasteiger partial charge in [0.1, 0.15) is 5.60 Å². The van der Waals surface area contributed by atoms with Crippen LogP contribution in [0, 0.1) is 11.3 Å². The maximum atomic E-state index is 12.0. The highest BCUT2D eigenvalue weighted by atomic mass is 32.2. The molecule has 2 N–H and O–H groups in total. The summed E-state index contributed by atoms with van der Waals surface area (Å²) in [6.07, 6.45) is 0.316. The second-order valence-corrected chi connectivity index (χ2v) is 6.03. The largest absolute Gasteiger partial charge is 0.467 e. The third-order valence-corrected chi connectivity index (χ3v) is 3.15. The predicted octanol–water partition coefficient (Wildman–Crippen LogP) is 0.845. The molecule has 0 heterocycles. The van der Waals surface area contributed by atoms with Gasteiger partial charge in [-0.2, -0.15) is 17.0 Å². The number of hydrogen-bond acceptors (Lipinski definition) is 7. The Balaban J connectivity index is 4.83. The van der Waals surface area contributed by atoms with Gasteiger partial charge < -0.3 is 15.2 Å². The summed E-state index contributed by atoms with van der Waals surface area (Å²) >= 11 is 1.23. The van der Waals surface area contributed by atoms with Crippen LogP contribution in [0.5, 0.6) is 0 Å². The summed E-state index contributed by atoms with van der Waals surface area (Å²) < 4.78 is 9.70. The van der Waals surface area contributed by atoms with Crippen molar-refractivity contribution in [2.24, 2.45) is 5.73 Å². The summed E-state index contributed by atoms with van der Waals surface area (Å²) in [5.74, 6) is -1.17. The zero-order chi connectivity index (χ0) is 15.1. The second-order valence-electron chi connectivity index (χ2n) is 4.93. The Morgan fingerprint density at radius 2 is 1.89 bits per heavy atom. The van der Waals surface area contributed by atoms with Crippen LogP contribution in [-0.4, -0.2) is 41.7 Å². The smallest absolute Gasteiger partial charge is 0.339 e. The Morgan fingerprint density at radius 1 is 1.32 bits per heavy atom. The highest BCUT2D eigenvalue weighted by Gasteiger charge is 2.46. The average molecular weight is 288 g/mol. The van der Waals surface area contributed by atoms with E-state index < -0.39 is 23.1 Å². The fourth-order valence-electron chi connectivity index (χ4n) is 1.10. The number of rotatable bonds is 6. The third-order valence-electron chi connectivity index (χ3n) is 2.00. The number of hydrogen-bond donors (Lipinski definition) is 1. The van der Waals surface area contributed by atoms with Gasteiger partial charge in [-0.15, -0.1) is 0 Å². The maximum Gasteiger partial charge on any atom is 0.339 e. The lowest BCUT2D eigenvalue weighted by Crippen LogP contribution is -2.59. The molecule has 0 bridgehead atoms. The predicted molar refractivity (Wildman–Crippen MR) is 72.3 cm³/mol. The molecule has 6 nitrogen and oxygen atoms in total. The lowest BCUT2D eigenvalue weighted by atomic mass is 10.0. The molecule has 0 aliphatic carbocycles. The normalized spacial score (nSPS) is 14.1. The molecule has 0 rings (SSSR count). The Kier molecular flexibility index (Phi) is 6.87. The van der Waals surface area contributed by atoms with Crippen molar-refractivity contribution in [2.45, 2.75) is 38.3 Å². The first-order valence-corrected chi connectivity index (χ1v) is 6.88. The van der Waals surface area contributed by atoms with E-state index in [0.29, 0.717) is 12.2 Å². The molecule has 0 spiro atoms. The molecule has 0 aromatic rings. The molecule has 0 saturated heterocycles. The molecule has 0 aromatic carbocycles. The van der Waals surface area contributed by atoms with E-state index in [1.54, 1.807) is 20.8 Å². The van der Waals surface area contributed by atoms with Gasteiger partial charge in [-0.3, -0.25) is 0 Å². The molecule has 7 heteroatoms. The van der Waals surface area contributed by atoms with Gasteiger partial charge in [0.2, 0.25) is 5.54 Å². The Hall–Kier alpha value is -1.26. The summed E-state index contributed by atoms with van der Waals surface area (Å²) in [6.45, 7) is 5.06. The first-order chi connectivity index (χ1) is 8.67. The van der Waals surface area contributed by atoms with E-state index in [2.05, 4.69) is 4.74 Å². The van der Waals surface area contributed by atoms with Gasteiger partial charge >= 0.3 is 11.9 Å². The minimum Gasteiger partial charge on any atom is -0.467 e. The van der Waals surface area contributed by atoms with E-state index in [-0.39, 0.29) is 5.75 Å². The van der Waals surface area contributed by atoms with Crippen molar-refractivity contribution in [3.8, 4) is 6.07 Å². The Bertz CT molecular complexity index is 373. The van der Waals surface area contributed by atoms with Crippen LogP contribution in [-0.2, 0) is 19.1 Å². The van der Waals surface area contributed by atoms with Crippen molar-refractivity contribution in [1.82, 2.24) is 0 Å². The van der Waals surface area contributed by atoms with E-state index in [1.807, 2.05) is 6.07 Å². The number of methoxy groups -OCH3 is 1. The number of ether oxygens (including phenoxy) is 2. The molecular formula is C12H20N2O4S. The molecule has 0 aliphatic heterocycles. The third kappa shape index (κ3) is 5.94. The van der Waals surface area contributed by atoms with Crippen molar-refractivity contribution in [1.29, 1.82) is 5.26 Å². The first-order valence-electron chi connectivity index (χ1n) is 5.73. The molecule has 0 radical (unpaired) electrons. The molecule has 19 heavy (non-hydrogen) atoms. The molecule has 1 atom stereocenters. The molecule has 0 aromatic heterocycles. The molecule has 0 unspecified atom stereocenters. The van der Waals surface area contributed by atoms with Crippen LogP contribution < -0.4 is 5.73 Å². The number of nitrogens with two attached hydrogens (primary N) is 1. The van der Waals surface area contributed by atoms with Crippen molar-refractivity contribution in [3.63, 3.8) is 0 Å². The second kappa shape index (κ2) is 7.36. The number of esters is 2. The fraction of sp³-hybridized carbons (Fsp3) is 0.750. The Morgan fingerprint density at radius 3 is 2.32 bits per heavy atom. The highest BCUT2D eigenvalue weighted by molar-refractivity contribution is 7.99. The molecule has 108 valence electrons. The molecular weight excluding hydrogens is 268 g/mol. The molecule has 0 saturated carbocycles. The fourth-order valence-corrected chi connectivity index (χ4v) is 2.04. The number of nitrogens with zero attached hydrogens (tertiary/aromatic N) is 1. The zero-order valence-corrected chi connectivity index (χ0v) is 12.5. The van der Waals surface area contributed by atoms with Gasteiger partial charge in [0, 0.05) is 17.9 Å². The lowest BCUT2D eigenvalue weighted by Gasteiger charge is -2.28. The van der Waals surface area contributed by atoms with Crippen molar-refractivity contribution < 1.29 is 19.1 Å². The lowest BCUT2D eigenvalue weighted by molar-refractivity contribution is -0.169. The minimum atomic E-state index is -1.85. The van der Waals surface area contributed by atoms with E-state index >= 15 is 0 Å². The molecule has 0 amide bonds. The quantitative estimate of drug-likeness (QED) is 0.439. The van der Waals surface area contributed by atoms with E-state index in [0.717, 1.165) is 7.11 Å². The monoisotopic (exact) mass is 288 g/mol. The highest BCUT2D eigenvalue weighted by Crippen LogP contribution is 2.19. The summed E-state index contributed by atoms with van der Waals surface area (Å²) in [7, 11) is 1.16. The summed E-state index contributed by atoms with van der Waals surface area (Å²) in [4.78, 5) is 23.7. The van der Waals surface area contributed by atoms with Gasteiger partial charge in [-0.05, 0) is 20.8 Å². The van der Waals surface area contributed by atoms with Crippen molar-refractivity contribution >= 4 is 23.7 Å². The van der Waals surface area contributed by atoms with Crippen molar-refractivity contribution in [3.05, 3.63) is 0 Å². The van der Waals surface area contributed by atoms with Crippen LogP contribution in [0.1, 0.15) is 27.2 Å². The van der Waals surface area contributed by atoms with E-state index in [1.165, 1.54) is 11.8 Å². The van der Waals surface area contributed by atoms with Crippen LogP contribution in [0.3, 0.4) is 0 Å². The number of carbonyl (C=O) groups excluding carboxylic acids is 2. The first kappa shape index (κ1) is 17.7. The van der Waals surface area contributed by atoms with Crippen LogP contribution >= 0.6 is 11.8 Å². The van der Waals surface area contributed by atoms with Gasteiger partial charge in [0.25, 0.3) is 0 Å². The maximum absolute atomic E-state index is 12.0. The van der Waals surface area contributed by atoms with E-state index in [4.69, 9.17) is 15.7 Å². The summed E-state index contributed by atoms with van der Waals surface area (Å²) in [5.41, 5.74) is 3.24. The molecule has 0 fully saturated rings. The van der Waals surface area contributed by atoms with Crippen LogP contribution in [0.15, 0.2) is 0 Å². The Labute approximate surface area is 117 Å². The van der Waals surface area contributed by atoms with Gasteiger partial charge in [-0.1, -0.05) is 0 Å². The van der Waals surface area contributed by atoms with Crippen molar-refractivity contribution in [2.75, 3.05) is 18.6 Å². The van der Waals surface area contributed by atoms with Crippen LogP contribution in [0.25, 0.3) is 0 Å². The minimum absolute atomic E-state index is 0.0102. The standard InChI is InChI=1S/C12H20N2O4S/c1-11(2,3)18-10(16)12(14,9(15)17-4)8-19-7-5-6-13/h5,7-8,14H2,1-4H3/t12-/m1/s1. The number of thioether (sulfide) groups is 1. The number of nitriles is 1. The topological polar surface area (TPSA) is 102 Å². The van der Waals surface area contributed by atoms with Crippen LogP contribution in [0.4, 0.5) is 0 Å². The zero-order valence-electron chi connectivity index (χ0n) is 11.7. The van der Waals surface area contributed by atoms with E-state index in [9.17, 15) is 9.59 Å². The molecule has 0 aliphatic rings.